The van der Waals surface area contributed by atoms with E-state index in [1.165, 1.54) is 11.1 Å². The van der Waals surface area contributed by atoms with Crippen LogP contribution >= 0.6 is 0 Å². The number of aromatic nitrogens is 1. The molecule has 0 bridgehead atoms. The van der Waals surface area contributed by atoms with Gasteiger partial charge in [-0.05, 0) is 35.6 Å². The van der Waals surface area contributed by atoms with Gasteiger partial charge in [-0.3, -0.25) is 9.78 Å². The Hall–Kier alpha value is -1.96. The van der Waals surface area contributed by atoms with Crippen molar-refractivity contribution in [2.45, 2.75) is 25.2 Å². The van der Waals surface area contributed by atoms with Crippen LogP contribution in [0.15, 0.2) is 48.7 Å². The van der Waals surface area contributed by atoms with E-state index in [-0.39, 0.29) is 5.78 Å². The van der Waals surface area contributed by atoms with Gasteiger partial charge in [0.1, 0.15) is 5.78 Å². The maximum absolute atomic E-state index is 12.0. The van der Waals surface area contributed by atoms with Gasteiger partial charge in [0.05, 0.1) is 0 Å². The Morgan fingerprint density at radius 1 is 1.17 bits per heavy atom. The number of pyridine rings is 1. The van der Waals surface area contributed by atoms with E-state index >= 15 is 0 Å². The summed E-state index contributed by atoms with van der Waals surface area (Å²) in [6.45, 7) is 0. The van der Waals surface area contributed by atoms with Gasteiger partial charge in [-0.15, -0.1) is 0 Å². The largest absolute Gasteiger partial charge is 0.299 e. The summed E-state index contributed by atoms with van der Waals surface area (Å²) in [6.07, 6.45) is 3.89. The predicted octanol–water partition coefficient (Wildman–Crippen LogP) is 2.92. The quantitative estimate of drug-likeness (QED) is 0.818. The Bertz CT molecular complexity index is 562. The first-order chi connectivity index (χ1) is 8.83. The predicted molar refractivity (Wildman–Crippen MR) is 70.5 cm³/mol. The van der Waals surface area contributed by atoms with Crippen LogP contribution in [-0.4, -0.2) is 10.8 Å². The molecule has 0 radical (unpaired) electrons. The second-order valence-corrected chi connectivity index (χ2v) is 4.84. The second-order valence-electron chi connectivity index (χ2n) is 4.84. The van der Waals surface area contributed by atoms with E-state index in [2.05, 4.69) is 23.2 Å². The highest BCUT2D eigenvalue weighted by molar-refractivity contribution is 5.81. The maximum atomic E-state index is 12.0. The molecule has 0 spiro atoms. The zero-order valence-corrected chi connectivity index (χ0v) is 10.2. The summed E-state index contributed by atoms with van der Waals surface area (Å²) >= 11 is 0. The minimum absolute atomic E-state index is 0.285. The second kappa shape index (κ2) is 4.73. The van der Waals surface area contributed by atoms with Crippen LogP contribution in [0, 0.1) is 0 Å². The molecule has 3 rings (SSSR count). The molecule has 90 valence electrons. The average molecular weight is 237 g/mol. The van der Waals surface area contributed by atoms with E-state index in [1.807, 2.05) is 24.3 Å². The van der Waals surface area contributed by atoms with E-state index in [4.69, 9.17) is 0 Å². The summed E-state index contributed by atoms with van der Waals surface area (Å²) in [5, 5.41) is 0. The number of hydrogen-bond acceptors (Lipinski definition) is 2. The smallest absolute Gasteiger partial charge is 0.139 e. The van der Waals surface area contributed by atoms with Crippen LogP contribution < -0.4 is 0 Å². The highest BCUT2D eigenvalue weighted by atomic mass is 16.1. The zero-order chi connectivity index (χ0) is 12.4. The number of benzene rings is 1. The highest BCUT2D eigenvalue weighted by Gasteiger charge is 2.27. The van der Waals surface area contributed by atoms with Crippen molar-refractivity contribution in [3.63, 3.8) is 0 Å². The third-order valence-electron chi connectivity index (χ3n) is 3.54. The molecular formula is C16H15NO. The van der Waals surface area contributed by atoms with E-state index in [1.54, 1.807) is 6.20 Å². The van der Waals surface area contributed by atoms with Crippen LogP contribution in [0.3, 0.4) is 0 Å². The maximum Gasteiger partial charge on any atom is 0.139 e. The van der Waals surface area contributed by atoms with Crippen LogP contribution in [-0.2, 0) is 17.6 Å². The van der Waals surface area contributed by atoms with Gasteiger partial charge in [-0.25, -0.2) is 0 Å². The molecule has 1 aromatic carbocycles. The molecule has 1 aliphatic carbocycles. The van der Waals surface area contributed by atoms with Crippen molar-refractivity contribution in [3.8, 4) is 0 Å². The van der Waals surface area contributed by atoms with Crippen LogP contribution in [0.5, 0.6) is 0 Å². The molecule has 18 heavy (non-hydrogen) atoms. The van der Waals surface area contributed by atoms with Gasteiger partial charge < -0.3 is 0 Å². The molecule has 1 aromatic heterocycles. The van der Waals surface area contributed by atoms with Gasteiger partial charge in [0.2, 0.25) is 0 Å². The number of Topliss-reactive ketones (excluding diaryl/α,β-unsaturated/α-hetero) is 1. The number of carbonyl (C=O) groups excluding carboxylic acids is 1. The van der Waals surface area contributed by atoms with Crippen LogP contribution in [0.1, 0.15) is 29.2 Å². The first kappa shape index (κ1) is 11.1. The van der Waals surface area contributed by atoms with Crippen LogP contribution in [0.4, 0.5) is 0 Å². The molecule has 0 saturated heterocycles. The SMILES string of the molecule is O=C(Cc1ccccn1)CC1Cc2ccccc21. The monoisotopic (exact) mass is 237 g/mol. The standard InChI is InChI=1S/C16H15NO/c18-15(11-14-6-3-4-8-17-14)10-13-9-12-5-1-2-7-16(12)13/h1-8,13H,9-11H2. The third kappa shape index (κ3) is 2.19. The highest BCUT2D eigenvalue weighted by Crippen LogP contribution is 2.37. The third-order valence-corrected chi connectivity index (χ3v) is 3.54. The van der Waals surface area contributed by atoms with Gasteiger partial charge in [0, 0.05) is 24.7 Å². The Morgan fingerprint density at radius 2 is 2.00 bits per heavy atom. The summed E-state index contributed by atoms with van der Waals surface area (Å²) in [7, 11) is 0. The lowest BCUT2D eigenvalue weighted by Crippen LogP contribution is -2.21. The summed E-state index contributed by atoms with van der Waals surface area (Å²) in [5.74, 6) is 0.714. The number of ketones is 1. The molecule has 1 atom stereocenters. The zero-order valence-electron chi connectivity index (χ0n) is 10.2. The molecule has 2 nitrogen and oxygen atoms in total. The number of fused-ring (bicyclic) bond motifs is 1. The van der Waals surface area contributed by atoms with Gasteiger partial charge in [-0.1, -0.05) is 30.3 Å². The van der Waals surface area contributed by atoms with Crippen molar-refractivity contribution in [2.24, 2.45) is 0 Å². The minimum atomic E-state index is 0.285. The fraction of sp³-hybridized carbons (Fsp3) is 0.250. The topological polar surface area (TPSA) is 30.0 Å². The number of carbonyl (C=O) groups is 1. The number of nitrogens with zero attached hydrogens (tertiary/aromatic N) is 1. The lowest BCUT2D eigenvalue weighted by Gasteiger charge is -2.29. The van der Waals surface area contributed by atoms with Crippen molar-refractivity contribution in [1.82, 2.24) is 4.98 Å². The first-order valence-corrected chi connectivity index (χ1v) is 6.32. The molecule has 2 aromatic rings. The lowest BCUT2D eigenvalue weighted by atomic mass is 9.75. The first-order valence-electron chi connectivity index (χ1n) is 6.32. The number of rotatable bonds is 4. The molecule has 1 aliphatic rings. The normalized spacial score (nSPS) is 16.8. The minimum Gasteiger partial charge on any atom is -0.299 e. The average Bonchev–Trinajstić information content (AvgIpc) is 2.37. The summed E-state index contributed by atoms with van der Waals surface area (Å²) in [4.78, 5) is 16.2. The van der Waals surface area contributed by atoms with Crippen molar-refractivity contribution in [3.05, 3.63) is 65.5 Å². The van der Waals surface area contributed by atoms with Crippen molar-refractivity contribution in [2.75, 3.05) is 0 Å². The molecule has 0 aliphatic heterocycles. The summed E-state index contributed by atoms with van der Waals surface area (Å²) in [6, 6.07) is 14.1. The Labute approximate surface area is 107 Å². The van der Waals surface area contributed by atoms with Crippen LogP contribution in [0.2, 0.25) is 0 Å². The Morgan fingerprint density at radius 3 is 2.78 bits per heavy atom. The van der Waals surface area contributed by atoms with E-state index in [0.717, 1.165) is 12.1 Å². The van der Waals surface area contributed by atoms with E-state index in [0.29, 0.717) is 18.8 Å². The fourth-order valence-electron chi connectivity index (χ4n) is 2.60. The van der Waals surface area contributed by atoms with Crippen molar-refractivity contribution in [1.29, 1.82) is 0 Å². The van der Waals surface area contributed by atoms with Crippen LogP contribution in [0.25, 0.3) is 0 Å². The molecule has 1 unspecified atom stereocenters. The van der Waals surface area contributed by atoms with Gasteiger partial charge >= 0.3 is 0 Å². The fourth-order valence-corrected chi connectivity index (χ4v) is 2.60. The van der Waals surface area contributed by atoms with Crippen molar-refractivity contribution < 1.29 is 4.79 Å². The summed E-state index contributed by atoms with van der Waals surface area (Å²) in [5.41, 5.74) is 3.62. The lowest BCUT2D eigenvalue weighted by molar-refractivity contribution is -0.119. The summed E-state index contributed by atoms with van der Waals surface area (Å²) < 4.78 is 0. The van der Waals surface area contributed by atoms with Gasteiger partial charge in [0.15, 0.2) is 0 Å². The molecule has 0 amide bonds. The number of hydrogen-bond donors (Lipinski definition) is 0. The molecule has 0 saturated carbocycles. The molecule has 2 heteroatoms. The Balaban J connectivity index is 1.61. The molecule has 1 heterocycles. The molecule has 0 N–H and O–H groups in total. The van der Waals surface area contributed by atoms with E-state index in [9.17, 15) is 4.79 Å². The Kier molecular flexibility index (Phi) is 2.93. The molecular weight excluding hydrogens is 222 g/mol. The van der Waals surface area contributed by atoms with Crippen molar-refractivity contribution >= 4 is 5.78 Å². The van der Waals surface area contributed by atoms with Gasteiger partial charge in [-0.2, -0.15) is 0 Å². The van der Waals surface area contributed by atoms with Gasteiger partial charge in [0.25, 0.3) is 0 Å². The van der Waals surface area contributed by atoms with E-state index < -0.39 is 0 Å². The molecule has 0 fully saturated rings.